The summed E-state index contributed by atoms with van der Waals surface area (Å²) in [7, 11) is 0. The van der Waals surface area contributed by atoms with Crippen molar-refractivity contribution in [3.8, 4) is 0 Å². The Morgan fingerprint density at radius 3 is 2.44 bits per heavy atom. The molecular weight excluding hydrogens is 202 g/mol. The van der Waals surface area contributed by atoms with Crippen molar-refractivity contribution in [2.45, 2.75) is 19.3 Å². The highest BCUT2D eigenvalue weighted by molar-refractivity contribution is 5.97. The van der Waals surface area contributed by atoms with Gasteiger partial charge in [-0.25, -0.2) is 0 Å². The number of unbranched alkanes of at least 4 members (excludes halogenated alkanes) is 1. The van der Waals surface area contributed by atoms with Gasteiger partial charge in [-0.2, -0.15) is 0 Å². The molecule has 0 saturated carbocycles. The SMILES string of the molecule is NC(=O)CCCCN=C(N)c1ccccc1. The lowest BCUT2D eigenvalue weighted by molar-refractivity contribution is -0.118. The molecule has 0 unspecified atom stereocenters. The van der Waals surface area contributed by atoms with Gasteiger partial charge in [0.15, 0.2) is 0 Å². The van der Waals surface area contributed by atoms with Crippen molar-refractivity contribution < 1.29 is 4.79 Å². The fourth-order valence-electron chi connectivity index (χ4n) is 1.31. The lowest BCUT2D eigenvalue weighted by Gasteiger charge is -2.00. The number of carbonyl (C=O) groups excluding carboxylic acids is 1. The molecule has 0 aliphatic heterocycles. The summed E-state index contributed by atoms with van der Waals surface area (Å²) in [5, 5.41) is 0. The van der Waals surface area contributed by atoms with Crippen LogP contribution in [0.15, 0.2) is 35.3 Å². The van der Waals surface area contributed by atoms with Crippen LogP contribution in [0.1, 0.15) is 24.8 Å². The van der Waals surface area contributed by atoms with E-state index in [9.17, 15) is 4.79 Å². The van der Waals surface area contributed by atoms with Gasteiger partial charge in [-0.3, -0.25) is 9.79 Å². The number of amides is 1. The molecule has 4 heteroatoms. The van der Waals surface area contributed by atoms with E-state index in [2.05, 4.69) is 4.99 Å². The van der Waals surface area contributed by atoms with Crippen molar-refractivity contribution in [1.29, 1.82) is 0 Å². The van der Waals surface area contributed by atoms with E-state index in [-0.39, 0.29) is 5.91 Å². The summed E-state index contributed by atoms with van der Waals surface area (Å²) in [6.07, 6.45) is 2.01. The second-order valence-corrected chi connectivity index (χ2v) is 3.56. The fraction of sp³-hybridized carbons (Fsp3) is 0.333. The molecule has 0 fully saturated rings. The maximum absolute atomic E-state index is 10.5. The fourth-order valence-corrected chi connectivity index (χ4v) is 1.31. The van der Waals surface area contributed by atoms with Crippen LogP contribution < -0.4 is 11.5 Å². The first-order valence-corrected chi connectivity index (χ1v) is 5.34. The van der Waals surface area contributed by atoms with Crippen LogP contribution >= 0.6 is 0 Å². The van der Waals surface area contributed by atoms with Crippen molar-refractivity contribution in [1.82, 2.24) is 0 Å². The predicted molar refractivity (Wildman–Crippen MR) is 65.1 cm³/mol. The van der Waals surface area contributed by atoms with Gasteiger partial charge in [0.25, 0.3) is 0 Å². The van der Waals surface area contributed by atoms with Crippen molar-refractivity contribution in [2.24, 2.45) is 16.5 Å². The summed E-state index contributed by atoms with van der Waals surface area (Å²) in [4.78, 5) is 14.7. The van der Waals surface area contributed by atoms with E-state index in [0.717, 1.165) is 18.4 Å². The van der Waals surface area contributed by atoms with Crippen LogP contribution in [-0.2, 0) is 4.79 Å². The van der Waals surface area contributed by atoms with E-state index in [1.54, 1.807) is 0 Å². The number of aliphatic imine (C=N–C) groups is 1. The smallest absolute Gasteiger partial charge is 0.217 e. The molecule has 16 heavy (non-hydrogen) atoms. The highest BCUT2D eigenvalue weighted by atomic mass is 16.1. The molecule has 86 valence electrons. The Hall–Kier alpha value is -1.84. The summed E-state index contributed by atoms with van der Waals surface area (Å²) in [5.41, 5.74) is 11.7. The molecule has 0 spiro atoms. The molecule has 4 N–H and O–H groups in total. The van der Waals surface area contributed by atoms with Crippen LogP contribution in [-0.4, -0.2) is 18.3 Å². The molecule has 0 atom stereocenters. The molecule has 0 bridgehead atoms. The number of rotatable bonds is 6. The van der Waals surface area contributed by atoms with E-state index in [0.29, 0.717) is 18.8 Å². The lowest BCUT2D eigenvalue weighted by Crippen LogP contribution is -2.14. The zero-order chi connectivity index (χ0) is 11.8. The quantitative estimate of drug-likeness (QED) is 0.426. The Morgan fingerprint density at radius 2 is 1.81 bits per heavy atom. The van der Waals surface area contributed by atoms with Crippen LogP contribution in [0.25, 0.3) is 0 Å². The Kier molecular flexibility index (Phi) is 5.05. The van der Waals surface area contributed by atoms with E-state index in [1.165, 1.54) is 0 Å². The molecule has 4 nitrogen and oxygen atoms in total. The predicted octanol–water partition coefficient (Wildman–Crippen LogP) is 1.05. The number of benzene rings is 1. The second kappa shape index (κ2) is 6.61. The summed E-state index contributed by atoms with van der Waals surface area (Å²) < 4.78 is 0. The maximum atomic E-state index is 10.5. The number of amidine groups is 1. The van der Waals surface area contributed by atoms with E-state index >= 15 is 0 Å². The van der Waals surface area contributed by atoms with Crippen LogP contribution in [0.4, 0.5) is 0 Å². The monoisotopic (exact) mass is 219 g/mol. The first-order chi connectivity index (χ1) is 7.70. The van der Waals surface area contributed by atoms with Gasteiger partial charge in [0.2, 0.25) is 5.91 Å². The minimum Gasteiger partial charge on any atom is -0.384 e. The highest BCUT2D eigenvalue weighted by Gasteiger charge is 1.96. The van der Waals surface area contributed by atoms with Crippen LogP contribution in [0.5, 0.6) is 0 Å². The molecular formula is C12H17N3O. The summed E-state index contributed by atoms with van der Waals surface area (Å²) in [6, 6.07) is 9.61. The Labute approximate surface area is 95.4 Å². The number of carbonyl (C=O) groups is 1. The molecule has 1 aromatic rings. The van der Waals surface area contributed by atoms with Gasteiger partial charge in [0.05, 0.1) is 0 Å². The molecule has 0 heterocycles. The lowest BCUT2D eigenvalue weighted by atomic mass is 10.2. The third-order valence-electron chi connectivity index (χ3n) is 2.18. The van der Waals surface area contributed by atoms with Gasteiger partial charge >= 0.3 is 0 Å². The van der Waals surface area contributed by atoms with Gasteiger partial charge in [0, 0.05) is 18.5 Å². The first-order valence-electron chi connectivity index (χ1n) is 5.34. The minimum atomic E-state index is -0.264. The zero-order valence-corrected chi connectivity index (χ0v) is 9.23. The van der Waals surface area contributed by atoms with Crippen LogP contribution in [0.3, 0.4) is 0 Å². The van der Waals surface area contributed by atoms with Crippen LogP contribution in [0, 0.1) is 0 Å². The van der Waals surface area contributed by atoms with Gasteiger partial charge in [-0.1, -0.05) is 30.3 Å². The van der Waals surface area contributed by atoms with Gasteiger partial charge in [0.1, 0.15) is 5.84 Å². The van der Waals surface area contributed by atoms with Crippen molar-refractivity contribution in [3.63, 3.8) is 0 Å². The van der Waals surface area contributed by atoms with E-state index in [1.807, 2.05) is 30.3 Å². The van der Waals surface area contributed by atoms with Crippen molar-refractivity contribution in [3.05, 3.63) is 35.9 Å². The Balaban J connectivity index is 2.32. The summed E-state index contributed by atoms with van der Waals surface area (Å²) in [6.45, 7) is 0.633. The van der Waals surface area contributed by atoms with Crippen molar-refractivity contribution in [2.75, 3.05) is 6.54 Å². The third kappa shape index (κ3) is 4.59. The number of nitrogens with two attached hydrogens (primary N) is 2. The normalized spacial score (nSPS) is 11.4. The summed E-state index contributed by atoms with van der Waals surface area (Å²) in [5.74, 6) is 0.277. The molecule has 1 aromatic carbocycles. The molecule has 1 rings (SSSR count). The average Bonchev–Trinajstić information content (AvgIpc) is 2.29. The first kappa shape index (κ1) is 12.2. The molecule has 0 aromatic heterocycles. The van der Waals surface area contributed by atoms with Gasteiger partial charge in [-0.15, -0.1) is 0 Å². The molecule has 0 aliphatic rings. The number of primary amides is 1. The number of hydrogen-bond donors (Lipinski definition) is 2. The molecule has 1 amide bonds. The van der Waals surface area contributed by atoms with Gasteiger partial charge in [-0.05, 0) is 12.8 Å². The van der Waals surface area contributed by atoms with E-state index in [4.69, 9.17) is 11.5 Å². The highest BCUT2D eigenvalue weighted by Crippen LogP contribution is 1.99. The Bertz CT molecular complexity index is 360. The molecule has 0 radical (unpaired) electrons. The molecule has 0 saturated heterocycles. The summed E-state index contributed by atoms with van der Waals surface area (Å²) >= 11 is 0. The molecule has 0 aliphatic carbocycles. The second-order valence-electron chi connectivity index (χ2n) is 3.56. The van der Waals surface area contributed by atoms with Crippen LogP contribution in [0.2, 0.25) is 0 Å². The number of nitrogens with zero attached hydrogens (tertiary/aromatic N) is 1. The maximum Gasteiger partial charge on any atom is 0.217 e. The van der Waals surface area contributed by atoms with Crippen molar-refractivity contribution >= 4 is 11.7 Å². The topological polar surface area (TPSA) is 81.5 Å². The largest absolute Gasteiger partial charge is 0.384 e. The minimum absolute atomic E-state index is 0.264. The number of hydrogen-bond acceptors (Lipinski definition) is 2. The van der Waals surface area contributed by atoms with Gasteiger partial charge < -0.3 is 11.5 Å². The zero-order valence-electron chi connectivity index (χ0n) is 9.23. The standard InChI is InChI=1S/C12H17N3O/c13-11(16)8-4-5-9-15-12(14)10-6-2-1-3-7-10/h1-3,6-7H,4-5,8-9H2,(H2,13,16)(H2,14,15). The van der Waals surface area contributed by atoms with E-state index < -0.39 is 0 Å². The third-order valence-corrected chi connectivity index (χ3v) is 2.18. The average molecular weight is 219 g/mol. The Morgan fingerprint density at radius 1 is 1.12 bits per heavy atom.